The van der Waals surface area contributed by atoms with Gasteiger partial charge in [-0.25, -0.2) is 0 Å². The lowest BCUT2D eigenvalue weighted by Gasteiger charge is -2.28. The van der Waals surface area contributed by atoms with Gasteiger partial charge in [-0.1, -0.05) is 233 Å². The number of carboxylic acid groups (broad SMARTS) is 1. The Balaban J connectivity index is 0. The summed E-state index contributed by atoms with van der Waals surface area (Å²) in [5.74, 6) is -1.08. The molecule has 53 heavy (non-hydrogen) atoms. The first kappa shape index (κ1) is 55.0. The monoisotopic (exact) mass is 767 g/mol. The molecular weight excluding hydrogens is 664 g/mol. The summed E-state index contributed by atoms with van der Waals surface area (Å²) in [6, 6.07) is 0. The summed E-state index contributed by atoms with van der Waals surface area (Å²) in [5, 5.41) is 8.89. The minimum Gasteiger partial charge on any atom is -0.550 e. The van der Waals surface area contributed by atoms with Gasteiger partial charge >= 0.3 is 0 Å². The molecule has 0 amide bonds. The number of aliphatic carboxylic acids is 1. The van der Waals surface area contributed by atoms with Crippen LogP contribution >= 0.6 is 7.26 Å². The molecule has 0 fully saturated rings. The summed E-state index contributed by atoms with van der Waals surface area (Å²) >= 11 is 0. The molecule has 0 saturated carbocycles. The van der Waals surface area contributed by atoms with Crippen molar-refractivity contribution in [3.63, 3.8) is 0 Å². The normalized spacial score (nSPS) is 11.6. The number of carboxylic acids is 1. The summed E-state index contributed by atoms with van der Waals surface area (Å²) in [7, 11) is -0.792. The van der Waals surface area contributed by atoms with Gasteiger partial charge in [0.25, 0.3) is 0 Å². The quantitative estimate of drug-likeness (QED) is 0.0458. The highest BCUT2D eigenvalue weighted by Crippen LogP contribution is 2.61. The molecule has 0 aromatic rings. The van der Waals surface area contributed by atoms with Crippen LogP contribution in [0, 0.1) is 0 Å². The highest BCUT2D eigenvalue weighted by molar-refractivity contribution is 7.75. The molecule has 0 heterocycles. The summed E-state index contributed by atoms with van der Waals surface area (Å²) in [6.07, 6.45) is 66.2. The third-order valence-corrected chi connectivity index (χ3v) is 17.0. The van der Waals surface area contributed by atoms with Crippen LogP contribution in [0.25, 0.3) is 0 Å². The summed E-state index contributed by atoms with van der Waals surface area (Å²) in [4.78, 5) is 8.89. The molecule has 0 aromatic heterocycles. The first-order valence-electron chi connectivity index (χ1n) is 25.0. The van der Waals surface area contributed by atoms with Crippen molar-refractivity contribution < 1.29 is 9.90 Å². The van der Waals surface area contributed by atoms with Crippen molar-refractivity contribution in [3.05, 3.63) is 0 Å². The van der Waals surface area contributed by atoms with Crippen LogP contribution in [0.3, 0.4) is 0 Å². The zero-order chi connectivity index (χ0) is 39.2. The Kier molecular flexibility index (Phi) is 49.9. The van der Waals surface area contributed by atoms with E-state index < -0.39 is 13.2 Å². The van der Waals surface area contributed by atoms with Crippen molar-refractivity contribution in [2.24, 2.45) is 0 Å². The number of hydrogen-bond acceptors (Lipinski definition) is 2. The van der Waals surface area contributed by atoms with Crippen LogP contribution in [-0.2, 0) is 4.79 Å². The first-order chi connectivity index (χ1) is 26.0. The third kappa shape index (κ3) is 48.0. The van der Waals surface area contributed by atoms with E-state index in [1.54, 1.807) is 50.3 Å². The van der Waals surface area contributed by atoms with Crippen LogP contribution in [0.1, 0.15) is 291 Å². The Morgan fingerprint density at radius 2 is 0.396 bits per heavy atom. The smallest absolute Gasteiger partial charge is 0.0594 e. The predicted molar refractivity (Wildman–Crippen MR) is 244 cm³/mol. The number of carbonyl (C=O) groups excluding carboxylic acids is 1. The SMILES string of the molecule is CC(=O)[O-].CCCCCCCCCCCC[P+](CCCCCCCCCCCC)(CCCCCCCCCCCC)CCCCCCCCCCCC. The Labute approximate surface area is 338 Å². The molecule has 0 rings (SSSR count). The average molecular weight is 767 g/mol. The Morgan fingerprint density at radius 1 is 0.283 bits per heavy atom. The van der Waals surface area contributed by atoms with Gasteiger partial charge < -0.3 is 9.90 Å². The van der Waals surface area contributed by atoms with Crippen LogP contribution in [0.5, 0.6) is 0 Å². The number of unbranched alkanes of at least 4 members (excludes halogenated alkanes) is 36. The van der Waals surface area contributed by atoms with Gasteiger partial charge in [0.05, 0.1) is 24.6 Å². The number of rotatable bonds is 44. The maximum Gasteiger partial charge on any atom is 0.0594 e. The maximum atomic E-state index is 8.89. The zero-order valence-corrected chi connectivity index (χ0v) is 38.8. The van der Waals surface area contributed by atoms with E-state index >= 15 is 0 Å². The molecule has 0 aliphatic rings. The van der Waals surface area contributed by atoms with Crippen LogP contribution in [-0.4, -0.2) is 30.6 Å². The molecule has 320 valence electrons. The molecule has 2 nitrogen and oxygen atoms in total. The van der Waals surface area contributed by atoms with E-state index in [9.17, 15) is 0 Å². The van der Waals surface area contributed by atoms with Gasteiger partial charge in [0.15, 0.2) is 0 Å². The van der Waals surface area contributed by atoms with E-state index in [1.807, 2.05) is 0 Å². The lowest BCUT2D eigenvalue weighted by molar-refractivity contribution is -0.302. The zero-order valence-electron chi connectivity index (χ0n) is 37.9. The standard InChI is InChI=1S/C48H100P.C2H4O2/c1-5-9-13-17-21-25-29-33-37-41-45-49(46-42-38-34-30-26-22-18-14-10-6-2,47-43-39-35-31-27-23-19-15-11-7-3)48-44-40-36-32-28-24-20-16-12-8-4;1-2(3)4/h5-48H2,1-4H3;1H3,(H,3,4)/q+1;/p-1. The minimum atomic E-state index is -1.08. The summed E-state index contributed by atoms with van der Waals surface area (Å²) in [5.41, 5.74) is 0. The molecule has 0 saturated heterocycles. The molecule has 3 heteroatoms. The molecule has 0 spiro atoms. The van der Waals surface area contributed by atoms with Crippen molar-refractivity contribution >= 4 is 13.2 Å². The van der Waals surface area contributed by atoms with E-state index in [0.29, 0.717) is 0 Å². The lowest BCUT2D eigenvalue weighted by atomic mass is 10.1. The molecule has 0 aliphatic heterocycles. The topological polar surface area (TPSA) is 40.1 Å². The molecule has 0 radical (unpaired) electrons. The summed E-state index contributed by atoms with van der Waals surface area (Å²) < 4.78 is 0. The second-order valence-corrected chi connectivity index (χ2v) is 21.9. The molecule has 0 aliphatic carbocycles. The van der Waals surface area contributed by atoms with Crippen LogP contribution in [0.2, 0.25) is 0 Å². The highest BCUT2D eigenvalue weighted by Gasteiger charge is 2.35. The number of carbonyl (C=O) groups is 1. The Hall–Kier alpha value is -0.100. The van der Waals surface area contributed by atoms with Crippen molar-refractivity contribution in [2.45, 2.75) is 291 Å². The van der Waals surface area contributed by atoms with Gasteiger partial charge in [0, 0.05) is 13.2 Å². The predicted octanol–water partition coefficient (Wildman–Crippen LogP) is 17.4. The van der Waals surface area contributed by atoms with Crippen molar-refractivity contribution in [3.8, 4) is 0 Å². The van der Waals surface area contributed by atoms with Crippen LogP contribution in [0.15, 0.2) is 0 Å². The highest BCUT2D eigenvalue weighted by atomic mass is 31.2. The van der Waals surface area contributed by atoms with Gasteiger partial charge in [-0.3, -0.25) is 0 Å². The largest absolute Gasteiger partial charge is 0.550 e. The van der Waals surface area contributed by atoms with E-state index in [1.165, 1.54) is 231 Å². The van der Waals surface area contributed by atoms with E-state index in [2.05, 4.69) is 27.7 Å². The average Bonchev–Trinajstić information content (AvgIpc) is 3.14. The first-order valence-corrected chi connectivity index (χ1v) is 27.5. The lowest BCUT2D eigenvalue weighted by Crippen LogP contribution is -2.16. The third-order valence-electron chi connectivity index (χ3n) is 11.9. The molecule has 0 N–H and O–H groups in total. The van der Waals surface area contributed by atoms with Gasteiger partial charge in [-0.2, -0.15) is 0 Å². The van der Waals surface area contributed by atoms with Gasteiger partial charge in [0.2, 0.25) is 0 Å². The second kappa shape index (κ2) is 48.0. The van der Waals surface area contributed by atoms with Gasteiger partial charge in [-0.15, -0.1) is 0 Å². The molecular formula is C50H103O2P. The fourth-order valence-electron chi connectivity index (χ4n) is 8.41. The minimum absolute atomic E-state index is 0.792. The Bertz CT molecular complexity index is 558. The Morgan fingerprint density at radius 3 is 0.528 bits per heavy atom. The van der Waals surface area contributed by atoms with E-state index in [0.717, 1.165) is 6.92 Å². The molecule has 0 atom stereocenters. The summed E-state index contributed by atoms with van der Waals surface area (Å²) in [6.45, 7) is 10.3. The van der Waals surface area contributed by atoms with E-state index in [-0.39, 0.29) is 0 Å². The van der Waals surface area contributed by atoms with Gasteiger partial charge in [0.1, 0.15) is 0 Å². The molecule has 0 aromatic carbocycles. The van der Waals surface area contributed by atoms with Crippen LogP contribution < -0.4 is 5.11 Å². The van der Waals surface area contributed by atoms with Crippen molar-refractivity contribution in [2.75, 3.05) is 24.6 Å². The fraction of sp³-hybridized carbons (Fsp3) is 0.980. The molecule has 0 unspecified atom stereocenters. The second-order valence-electron chi connectivity index (χ2n) is 17.5. The number of hydrogen-bond donors (Lipinski definition) is 0. The molecule has 0 bridgehead atoms. The van der Waals surface area contributed by atoms with Crippen LogP contribution in [0.4, 0.5) is 0 Å². The van der Waals surface area contributed by atoms with Gasteiger partial charge in [-0.05, 0) is 58.3 Å². The van der Waals surface area contributed by atoms with E-state index in [4.69, 9.17) is 9.90 Å². The maximum absolute atomic E-state index is 8.89. The van der Waals surface area contributed by atoms with Crippen molar-refractivity contribution in [1.82, 2.24) is 0 Å². The fourth-order valence-corrected chi connectivity index (χ4v) is 13.3. The van der Waals surface area contributed by atoms with Crippen molar-refractivity contribution in [1.29, 1.82) is 0 Å².